The summed E-state index contributed by atoms with van der Waals surface area (Å²) in [5.41, 5.74) is 1.88. The highest BCUT2D eigenvalue weighted by molar-refractivity contribution is 5.49. The molecule has 1 aromatic rings. The molecule has 1 aromatic heterocycles. The van der Waals surface area contributed by atoms with E-state index < -0.39 is 0 Å². The highest BCUT2D eigenvalue weighted by Crippen LogP contribution is 2.23. The summed E-state index contributed by atoms with van der Waals surface area (Å²) in [6.45, 7) is 13.8. The highest BCUT2D eigenvalue weighted by Gasteiger charge is 2.17. The van der Waals surface area contributed by atoms with Gasteiger partial charge in [-0.05, 0) is 39.9 Å². The Hall–Kier alpha value is -1.07. The maximum atomic E-state index is 9.56. The number of aryl methyl sites for hydroxylation is 2. The van der Waals surface area contributed by atoms with Gasteiger partial charge in [0.25, 0.3) is 0 Å². The van der Waals surface area contributed by atoms with Crippen molar-refractivity contribution in [2.75, 3.05) is 37.6 Å². The van der Waals surface area contributed by atoms with Gasteiger partial charge in [-0.15, -0.1) is 0 Å². The molecule has 0 atom stereocenters. The maximum Gasteiger partial charge on any atom is 0.132 e. The van der Waals surface area contributed by atoms with Crippen LogP contribution in [-0.4, -0.2) is 52.5 Å². The molecule has 0 amide bonds. The maximum absolute atomic E-state index is 9.56. The van der Waals surface area contributed by atoms with Crippen molar-refractivity contribution in [1.82, 2.24) is 14.7 Å². The van der Waals surface area contributed by atoms with E-state index in [4.69, 9.17) is 0 Å². The summed E-state index contributed by atoms with van der Waals surface area (Å²) in [5, 5.41) is 14.0. The van der Waals surface area contributed by atoms with Gasteiger partial charge in [-0.2, -0.15) is 5.10 Å². The van der Waals surface area contributed by atoms with Crippen molar-refractivity contribution in [3.05, 3.63) is 11.3 Å². The Balaban J connectivity index is 2.71. The van der Waals surface area contributed by atoms with Gasteiger partial charge in [-0.25, -0.2) is 0 Å². The fourth-order valence-electron chi connectivity index (χ4n) is 2.71. The van der Waals surface area contributed by atoms with E-state index in [1.54, 1.807) is 0 Å². The third kappa shape index (κ3) is 3.96. The molecular weight excluding hydrogens is 252 g/mol. The Kier molecular flexibility index (Phi) is 7.02. The van der Waals surface area contributed by atoms with Crippen LogP contribution >= 0.6 is 0 Å². The first kappa shape index (κ1) is 17.0. The molecule has 0 spiro atoms. The molecule has 0 fully saturated rings. The van der Waals surface area contributed by atoms with Crippen molar-refractivity contribution in [3.8, 4) is 0 Å². The van der Waals surface area contributed by atoms with Crippen LogP contribution in [-0.2, 0) is 13.7 Å². The van der Waals surface area contributed by atoms with Gasteiger partial charge in [0.15, 0.2) is 0 Å². The minimum absolute atomic E-state index is 0.0571. The van der Waals surface area contributed by atoms with Crippen LogP contribution in [0, 0.1) is 6.92 Å². The zero-order valence-electron chi connectivity index (χ0n) is 13.7. The molecule has 116 valence electrons. The lowest BCUT2D eigenvalue weighted by Crippen LogP contribution is -2.31. The summed E-state index contributed by atoms with van der Waals surface area (Å²) in [4.78, 5) is 4.75. The number of anilines is 1. The Morgan fingerprint density at radius 1 is 1.10 bits per heavy atom. The third-order valence-electron chi connectivity index (χ3n) is 3.95. The number of rotatable bonds is 9. The average Bonchev–Trinajstić information content (AvgIpc) is 2.73. The number of aliphatic hydroxyl groups excluding tert-OH is 1. The standard InChI is InChI=1S/C15H30N4O/c1-6-18(7-2)10-9-11-19(8-3)15-14(12-20)13(4)16-17(15)5/h20H,6-12H2,1-5H3. The molecule has 5 nitrogen and oxygen atoms in total. The average molecular weight is 282 g/mol. The van der Waals surface area contributed by atoms with Gasteiger partial charge < -0.3 is 14.9 Å². The van der Waals surface area contributed by atoms with E-state index in [0.29, 0.717) is 0 Å². The molecule has 20 heavy (non-hydrogen) atoms. The number of aliphatic hydroxyl groups is 1. The van der Waals surface area contributed by atoms with E-state index in [1.807, 2.05) is 18.7 Å². The molecule has 0 aliphatic heterocycles. The summed E-state index contributed by atoms with van der Waals surface area (Å²) in [6.07, 6.45) is 1.13. The van der Waals surface area contributed by atoms with Gasteiger partial charge in [-0.3, -0.25) is 4.68 Å². The Morgan fingerprint density at radius 2 is 1.75 bits per heavy atom. The highest BCUT2D eigenvalue weighted by atomic mass is 16.3. The lowest BCUT2D eigenvalue weighted by atomic mass is 10.2. The van der Waals surface area contributed by atoms with Crippen LogP contribution in [0.25, 0.3) is 0 Å². The van der Waals surface area contributed by atoms with Crippen LogP contribution in [0.2, 0.25) is 0 Å². The van der Waals surface area contributed by atoms with Gasteiger partial charge in [-0.1, -0.05) is 13.8 Å². The molecule has 5 heteroatoms. The summed E-state index contributed by atoms with van der Waals surface area (Å²) in [5.74, 6) is 1.06. The minimum Gasteiger partial charge on any atom is -0.391 e. The van der Waals surface area contributed by atoms with Crippen LogP contribution in [0.3, 0.4) is 0 Å². The molecule has 1 heterocycles. The van der Waals surface area contributed by atoms with Crippen LogP contribution in [0.1, 0.15) is 38.4 Å². The first-order chi connectivity index (χ1) is 9.58. The molecule has 0 unspecified atom stereocenters. The van der Waals surface area contributed by atoms with Gasteiger partial charge >= 0.3 is 0 Å². The molecule has 0 bridgehead atoms. The number of nitrogens with zero attached hydrogens (tertiary/aromatic N) is 4. The zero-order valence-corrected chi connectivity index (χ0v) is 13.7. The van der Waals surface area contributed by atoms with Gasteiger partial charge in [0.1, 0.15) is 5.82 Å². The monoisotopic (exact) mass is 282 g/mol. The molecule has 0 aliphatic rings. The summed E-state index contributed by atoms with van der Waals surface area (Å²) < 4.78 is 1.89. The molecule has 0 saturated heterocycles. The Labute approximate surface area is 123 Å². The molecule has 1 N–H and O–H groups in total. The van der Waals surface area contributed by atoms with Crippen molar-refractivity contribution < 1.29 is 5.11 Å². The Morgan fingerprint density at radius 3 is 2.25 bits per heavy atom. The lowest BCUT2D eigenvalue weighted by Gasteiger charge is -2.26. The van der Waals surface area contributed by atoms with Crippen molar-refractivity contribution in [2.45, 2.75) is 40.7 Å². The number of hydrogen-bond acceptors (Lipinski definition) is 4. The van der Waals surface area contributed by atoms with Crippen LogP contribution in [0.15, 0.2) is 0 Å². The van der Waals surface area contributed by atoms with Crippen LogP contribution in [0.4, 0.5) is 5.82 Å². The van der Waals surface area contributed by atoms with Gasteiger partial charge in [0, 0.05) is 25.7 Å². The van der Waals surface area contributed by atoms with E-state index in [9.17, 15) is 5.11 Å². The van der Waals surface area contributed by atoms with Gasteiger partial charge in [0.05, 0.1) is 12.3 Å². The van der Waals surface area contributed by atoms with Gasteiger partial charge in [0.2, 0.25) is 0 Å². The second-order valence-electron chi connectivity index (χ2n) is 5.13. The van der Waals surface area contributed by atoms with Crippen LogP contribution in [0.5, 0.6) is 0 Å². The summed E-state index contributed by atoms with van der Waals surface area (Å²) in [7, 11) is 1.95. The van der Waals surface area contributed by atoms with E-state index in [1.165, 1.54) is 0 Å². The first-order valence-corrected chi connectivity index (χ1v) is 7.69. The van der Waals surface area contributed by atoms with Crippen molar-refractivity contribution in [2.24, 2.45) is 7.05 Å². The minimum atomic E-state index is 0.0571. The van der Waals surface area contributed by atoms with E-state index in [2.05, 4.69) is 35.7 Å². The van der Waals surface area contributed by atoms with E-state index >= 15 is 0 Å². The molecule has 1 rings (SSSR count). The topological polar surface area (TPSA) is 44.5 Å². The van der Waals surface area contributed by atoms with Crippen molar-refractivity contribution in [1.29, 1.82) is 0 Å². The second kappa shape index (κ2) is 8.27. The Bertz CT molecular complexity index is 399. The van der Waals surface area contributed by atoms with Crippen molar-refractivity contribution >= 4 is 5.82 Å². The largest absolute Gasteiger partial charge is 0.391 e. The predicted molar refractivity (Wildman–Crippen MR) is 84.2 cm³/mol. The SMILES string of the molecule is CCN(CC)CCCN(CC)c1c(CO)c(C)nn1C. The fourth-order valence-corrected chi connectivity index (χ4v) is 2.71. The first-order valence-electron chi connectivity index (χ1n) is 7.69. The smallest absolute Gasteiger partial charge is 0.132 e. The van der Waals surface area contributed by atoms with E-state index in [-0.39, 0.29) is 6.61 Å². The van der Waals surface area contributed by atoms with Crippen molar-refractivity contribution in [3.63, 3.8) is 0 Å². The normalized spacial score (nSPS) is 11.3. The van der Waals surface area contributed by atoms with Crippen LogP contribution < -0.4 is 4.90 Å². The third-order valence-corrected chi connectivity index (χ3v) is 3.95. The molecule has 0 aliphatic carbocycles. The molecule has 0 aromatic carbocycles. The molecule has 0 saturated carbocycles. The zero-order chi connectivity index (χ0) is 15.1. The number of hydrogen-bond donors (Lipinski definition) is 1. The van der Waals surface area contributed by atoms with E-state index in [0.717, 1.165) is 56.2 Å². The fraction of sp³-hybridized carbons (Fsp3) is 0.800. The molecular formula is C15H30N4O. The molecule has 0 radical (unpaired) electrons. The number of aromatic nitrogens is 2. The quantitative estimate of drug-likeness (QED) is 0.750. The second-order valence-corrected chi connectivity index (χ2v) is 5.13. The summed E-state index contributed by atoms with van der Waals surface area (Å²) >= 11 is 0. The lowest BCUT2D eigenvalue weighted by molar-refractivity contribution is 0.281. The predicted octanol–water partition coefficient (Wildman–Crippen LogP) is 1.78. The summed E-state index contributed by atoms with van der Waals surface area (Å²) in [6, 6.07) is 0.